The normalized spacial score (nSPS) is 26.5. The molecule has 1 aliphatic heterocycles. The molecule has 1 aliphatic carbocycles. The summed E-state index contributed by atoms with van der Waals surface area (Å²) in [7, 11) is 0. The third kappa shape index (κ3) is 1.95. The molecule has 2 rings (SSSR count). The Morgan fingerprint density at radius 3 is 2.83 bits per heavy atom. The van der Waals surface area contributed by atoms with Crippen LogP contribution in [0.5, 0.6) is 0 Å². The van der Waals surface area contributed by atoms with Gasteiger partial charge in [-0.2, -0.15) is 0 Å². The van der Waals surface area contributed by atoms with Crippen molar-refractivity contribution in [3.8, 4) is 0 Å². The van der Waals surface area contributed by atoms with E-state index in [1.54, 1.807) is 0 Å². The van der Waals surface area contributed by atoms with Gasteiger partial charge < -0.3 is 4.72 Å². The Labute approximate surface area is 120 Å². The van der Waals surface area contributed by atoms with Crippen LogP contribution in [0, 0.1) is 0 Å². The van der Waals surface area contributed by atoms with Crippen molar-refractivity contribution in [1.29, 1.82) is 0 Å². The molecule has 2 aliphatic rings. The molecule has 0 aromatic carbocycles. The van der Waals surface area contributed by atoms with Gasteiger partial charge in [0.2, 0.25) is 0 Å². The maximum atomic E-state index is 4.29. The van der Waals surface area contributed by atoms with Crippen LogP contribution in [-0.2, 0) is 0 Å². The molecule has 1 heterocycles. The van der Waals surface area contributed by atoms with Crippen molar-refractivity contribution in [2.45, 2.75) is 19.9 Å². The van der Waals surface area contributed by atoms with E-state index in [1.165, 1.54) is 23.3 Å². The SMILES string of the molecule is CC1=CC=C(C)C2[N-]SN=C12.[K+]. The number of hydrogen-bond donors (Lipinski definition) is 0. The monoisotopic (exact) mass is 204 g/mol. The molecule has 0 bridgehead atoms. The van der Waals surface area contributed by atoms with Gasteiger partial charge in [0.15, 0.2) is 0 Å². The number of rotatable bonds is 0. The molecule has 58 valence electrons. The molecule has 0 aromatic rings. The van der Waals surface area contributed by atoms with E-state index in [1.807, 2.05) is 0 Å². The van der Waals surface area contributed by atoms with Gasteiger partial charge in [0, 0.05) is 5.71 Å². The summed E-state index contributed by atoms with van der Waals surface area (Å²) in [5.41, 5.74) is 3.67. The minimum Gasteiger partial charge on any atom is -0.574 e. The first-order chi connectivity index (χ1) is 5.29. The summed E-state index contributed by atoms with van der Waals surface area (Å²) < 4.78 is 8.54. The van der Waals surface area contributed by atoms with Crippen LogP contribution in [0.25, 0.3) is 4.72 Å². The van der Waals surface area contributed by atoms with E-state index in [2.05, 4.69) is 35.1 Å². The van der Waals surface area contributed by atoms with E-state index in [4.69, 9.17) is 0 Å². The van der Waals surface area contributed by atoms with E-state index in [-0.39, 0.29) is 57.4 Å². The molecule has 0 saturated carbocycles. The molecule has 0 spiro atoms. The molecule has 0 radical (unpaired) electrons. The van der Waals surface area contributed by atoms with Crippen LogP contribution < -0.4 is 51.4 Å². The summed E-state index contributed by atoms with van der Waals surface area (Å²) in [4.78, 5) is 0. The van der Waals surface area contributed by atoms with Crippen molar-refractivity contribution < 1.29 is 51.4 Å². The minimum absolute atomic E-state index is 0. The molecule has 12 heavy (non-hydrogen) atoms. The summed E-state index contributed by atoms with van der Waals surface area (Å²) in [6.45, 7) is 4.18. The fourth-order valence-corrected chi connectivity index (χ4v) is 1.97. The van der Waals surface area contributed by atoms with Crippen LogP contribution in [0.15, 0.2) is 27.7 Å². The molecular weight excluding hydrogens is 195 g/mol. The zero-order valence-corrected chi connectivity index (χ0v) is 11.5. The zero-order valence-electron chi connectivity index (χ0n) is 7.53. The van der Waals surface area contributed by atoms with E-state index in [0.717, 1.165) is 5.71 Å². The molecule has 0 saturated heterocycles. The predicted molar refractivity (Wildman–Crippen MR) is 49.7 cm³/mol. The summed E-state index contributed by atoms with van der Waals surface area (Å²) in [5.74, 6) is 0. The Kier molecular flexibility index (Phi) is 4.23. The molecule has 4 heteroatoms. The second-order valence-corrected chi connectivity index (χ2v) is 3.38. The van der Waals surface area contributed by atoms with Crippen molar-refractivity contribution in [3.05, 3.63) is 28.0 Å². The largest absolute Gasteiger partial charge is 1.00 e. The Hall–Kier alpha value is 1.10. The second-order valence-electron chi connectivity index (χ2n) is 2.83. The van der Waals surface area contributed by atoms with Crippen molar-refractivity contribution in [3.63, 3.8) is 0 Å². The average Bonchev–Trinajstić information content (AvgIpc) is 2.45. The Morgan fingerprint density at radius 2 is 2.17 bits per heavy atom. The quantitative estimate of drug-likeness (QED) is 0.391. The third-order valence-corrected chi connectivity index (χ3v) is 2.57. The van der Waals surface area contributed by atoms with Crippen molar-refractivity contribution in [2.75, 3.05) is 0 Å². The smallest absolute Gasteiger partial charge is 0.574 e. The van der Waals surface area contributed by atoms with Crippen LogP contribution in [0.4, 0.5) is 0 Å². The van der Waals surface area contributed by atoms with Crippen LogP contribution in [0.2, 0.25) is 0 Å². The molecule has 1 unspecified atom stereocenters. The standard InChI is InChI=1S/C8H9N2S.K/c1-5-3-4-6(2)8-7(5)9-11-10-8;/h3-4,7H,1-2H3;/q-1;+1. The van der Waals surface area contributed by atoms with Gasteiger partial charge in [-0.3, -0.25) is 0 Å². The number of fused-ring (bicyclic) bond motifs is 1. The van der Waals surface area contributed by atoms with Gasteiger partial charge >= 0.3 is 51.4 Å². The van der Waals surface area contributed by atoms with Crippen LogP contribution >= 0.6 is 12.1 Å². The predicted octanol–water partition coefficient (Wildman–Crippen LogP) is -0.343. The van der Waals surface area contributed by atoms with Gasteiger partial charge in [0.1, 0.15) is 0 Å². The van der Waals surface area contributed by atoms with Crippen molar-refractivity contribution in [1.82, 2.24) is 0 Å². The summed E-state index contributed by atoms with van der Waals surface area (Å²) in [6, 6.07) is 0.241. The van der Waals surface area contributed by atoms with E-state index in [0.29, 0.717) is 0 Å². The fourth-order valence-electron chi connectivity index (χ4n) is 1.23. The van der Waals surface area contributed by atoms with Crippen molar-refractivity contribution in [2.24, 2.45) is 4.40 Å². The molecule has 0 fully saturated rings. The Balaban J connectivity index is 0.000000720. The summed E-state index contributed by atoms with van der Waals surface area (Å²) in [5, 5.41) is 0. The van der Waals surface area contributed by atoms with E-state index in [9.17, 15) is 0 Å². The molecule has 2 nitrogen and oxygen atoms in total. The van der Waals surface area contributed by atoms with Gasteiger partial charge in [-0.1, -0.05) is 23.8 Å². The maximum absolute atomic E-state index is 4.29. The van der Waals surface area contributed by atoms with Gasteiger partial charge in [0.05, 0.1) is 0 Å². The molecular formula is C8H9KN2S. The van der Waals surface area contributed by atoms with E-state index < -0.39 is 0 Å². The molecule has 0 amide bonds. The average molecular weight is 204 g/mol. The molecule has 1 atom stereocenters. The van der Waals surface area contributed by atoms with Crippen LogP contribution in [-0.4, -0.2) is 11.8 Å². The molecule has 0 N–H and O–H groups in total. The maximum Gasteiger partial charge on any atom is 1.00 e. The second kappa shape index (κ2) is 4.55. The van der Waals surface area contributed by atoms with Crippen molar-refractivity contribution >= 4 is 17.8 Å². The topological polar surface area (TPSA) is 26.5 Å². The fraction of sp³-hybridized carbons (Fsp3) is 0.375. The number of hydrogen-bond acceptors (Lipinski definition) is 2. The minimum atomic E-state index is 0. The van der Waals surface area contributed by atoms with E-state index >= 15 is 0 Å². The Bertz CT molecular complexity index is 281. The first-order valence-electron chi connectivity index (χ1n) is 3.58. The summed E-state index contributed by atoms with van der Waals surface area (Å²) >= 11 is 1.32. The third-order valence-electron chi connectivity index (χ3n) is 1.98. The zero-order chi connectivity index (χ0) is 7.84. The van der Waals surface area contributed by atoms with Gasteiger partial charge in [-0.05, 0) is 19.4 Å². The number of nitrogens with zero attached hydrogens (tertiary/aromatic N) is 2. The summed E-state index contributed by atoms with van der Waals surface area (Å²) in [6.07, 6.45) is 4.22. The Morgan fingerprint density at radius 1 is 1.42 bits per heavy atom. The van der Waals surface area contributed by atoms with Gasteiger partial charge in [-0.25, -0.2) is 4.40 Å². The number of allylic oxidation sites excluding steroid dienone is 2. The molecule has 0 aromatic heterocycles. The van der Waals surface area contributed by atoms with Gasteiger partial charge in [0.25, 0.3) is 0 Å². The van der Waals surface area contributed by atoms with Crippen LogP contribution in [0.3, 0.4) is 0 Å². The first-order valence-corrected chi connectivity index (χ1v) is 4.32. The van der Waals surface area contributed by atoms with Gasteiger partial charge in [-0.15, -0.1) is 12.1 Å². The van der Waals surface area contributed by atoms with Crippen LogP contribution in [0.1, 0.15) is 13.8 Å². The first kappa shape index (κ1) is 11.2.